The quantitative estimate of drug-likeness (QED) is 0.469. The van der Waals surface area contributed by atoms with E-state index in [1.54, 1.807) is 0 Å². The van der Waals surface area contributed by atoms with Crippen LogP contribution in [0, 0.1) is 0 Å². The zero-order valence-electron chi connectivity index (χ0n) is 8.78. The van der Waals surface area contributed by atoms with E-state index in [1.165, 1.54) is 16.6 Å². The third-order valence-electron chi connectivity index (χ3n) is 2.54. The van der Waals surface area contributed by atoms with Crippen molar-refractivity contribution in [3.8, 4) is 0 Å². The van der Waals surface area contributed by atoms with Gasteiger partial charge in [-0.05, 0) is 12.1 Å². The van der Waals surface area contributed by atoms with Crippen LogP contribution < -0.4 is 17.0 Å². The maximum Gasteiger partial charge on any atom is 0.212 e. The van der Waals surface area contributed by atoms with Gasteiger partial charge in [0.25, 0.3) is 0 Å². The van der Waals surface area contributed by atoms with E-state index in [-0.39, 0.29) is 12.4 Å². The van der Waals surface area contributed by atoms with Crippen LogP contribution in [0.25, 0.3) is 10.9 Å². The highest BCUT2D eigenvalue weighted by molar-refractivity contribution is 5.75. The van der Waals surface area contributed by atoms with Crippen molar-refractivity contribution in [2.75, 3.05) is 0 Å². The lowest BCUT2D eigenvalue weighted by Crippen LogP contribution is -3.00. The fourth-order valence-corrected chi connectivity index (χ4v) is 1.74. The summed E-state index contributed by atoms with van der Waals surface area (Å²) >= 11 is 0. The molecular weight excluding hydrogens is 206 g/mol. The minimum atomic E-state index is 0. The molecule has 0 spiro atoms. The van der Waals surface area contributed by atoms with Crippen molar-refractivity contribution in [2.24, 2.45) is 7.05 Å². The molecule has 1 heterocycles. The van der Waals surface area contributed by atoms with Crippen molar-refractivity contribution in [1.82, 2.24) is 0 Å². The number of aryl methyl sites for hydroxylation is 1. The maximum atomic E-state index is 3.76. The predicted molar refractivity (Wildman–Crippen MR) is 59.0 cm³/mol. The van der Waals surface area contributed by atoms with Gasteiger partial charge in [-0.15, -0.1) is 6.58 Å². The zero-order valence-corrected chi connectivity index (χ0v) is 9.54. The van der Waals surface area contributed by atoms with Gasteiger partial charge in [-0.1, -0.05) is 18.2 Å². The van der Waals surface area contributed by atoms with Crippen LogP contribution >= 0.6 is 0 Å². The molecule has 1 aromatic carbocycles. The number of fused-ring (bicyclic) bond motifs is 1. The molecule has 0 saturated heterocycles. The van der Waals surface area contributed by atoms with E-state index in [1.807, 2.05) is 6.08 Å². The molecule has 78 valence electrons. The molecule has 0 aliphatic heterocycles. The van der Waals surface area contributed by atoms with Crippen LogP contribution in [0.2, 0.25) is 0 Å². The van der Waals surface area contributed by atoms with Gasteiger partial charge in [-0.3, -0.25) is 0 Å². The Balaban J connectivity index is 0.00000112. The van der Waals surface area contributed by atoms with E-state index in [9.17, 15) is 0 Å². The van der Waals surface area contributed by atoms with Crippen LogP contribution in [0.15, 0.2) is 49.1 Å². The predicted octanol–water partition coefficient (Wildman–Crippen LogP) is -0.603. The minimum absolute atomic E-state index is 0. The van der Waals surface area contributed by atoms with Crippen LogP contribution in [0.4, 0.5) is 0 Å². The van der Waals surface area contributed by atoms with Gasteiger partial charge >= 0.3 is 0 Å². The molecule has 0 atom stereocenters. The Morgan fingerprint density at radius 1 is 1.20 bits per heavy atom. The SMILES string of the molecule is C=CCc1ccc2ccccc2[n+]1C.[Cl-]. The van der Waals surface area contributed by atoms with Crippen molar-refractivity contribution in [3.05, 3.63) is 54.7 Å². The fourth-order valence-electron chi connectivity index (χ4n) is 1.74. The van der Waals surface area contributed by atoms with E-state index < -0.39 is 0 Å². The van der Waals surface area contributed by atoms with E-state index in [0.29, 0.717) is 0 Å². The van der Waals surface area contributed by atoms with Gasteiger partial charge < -0.3 is 12.4 Å². The normalized spacial score (nSPS) is 9.67. The van der Waals surface area contributed by atoms with Crippen molar-refractivity contribution in [3.63, 3.8) is 0 Å². The van der Waals surface area contributed by atoms with Crippen molar-refractivity contribution < 1.29 is 17.0 Å². The van der Waals surface area contributed by atoms with Gasteiger partial charge in [0.05, 0.1) is 6.42 Å². The van der Waals surface area contributed by atoms with Gasteiger partial charge in [0.2, 0.25) is 5.52 Å². The summed E-state index contributed by atoms with van der Waals surface area (Å²) in [7, 11) is 2.10. The first-order chi connectivity index (χ1) is 6.83. The molecule has 0 amide bonds. The third-order valence-corrected chi connectivity index (χ3v) is 2.54. The highest BCUT2D eigenvalue weighted by Crippen LogP contribution is 2.09. The summed E-state index contributed by atoms with van der Waals surface area (Å²) in [6, 6.07) is 12.7. The summed E-state index contributed by atoms with van der Waals surface area (Å²) in [4.78, 5) is 0. The first-order valence-corrected chi connectivity index (χ1v) is 4.80. The van der Waals surface area contributed by atoms with Gasteiger partial charge in [-0.25, -0.2) is 0 Å². The Hall–Kier alpha value is -1.34. The molecule has 0 unspecified atom stereocenters. The zero-order chi connectivity index (χ0) is 9.97. The molecular formula is C13H14ClN. The Morgan fingerprint density at radius 3 is 2.67 bits per heavy atom. The molecule has 1 aromatic heterocycles. The van der Waals surface area contributed by atoms with Crippen molar-refractivity contribution in [2.45, 2.75) is 6.42 Å². The molecule has 0 fully saturated rings. The monoisotopic (exact) mass is 219 g/mol. The van der Waals surface area contributed by atoms with Crippen LogP contribution in [0.5, 0.6) is 0 Å². The number of para-hydroxylation sites is 1. The lowest BCUT2D eigenvalue weighted by Gasteiger charge is -2.00. The van der Waals surface area contributed by atoms with Crippen LogP contribution in [-0.2, 0) is 13.5 Å². The van der Waals surface area contributed by atoms with Gasteiger partial charge in [0.1, 0.15) is 7.05 Å². The molecule has 0 aliphatic carbocycles. The van der Waals surface area contributed by atoms with Crippen molar-refractivity contribution in [1.29, 1.82) is 0 Å². The summed E-state index contributed by atoms with van der Waals surface area (Å²) in [6.45, 7) is 3.76. The molecule has 2 heteroatoms. The molecule has 0 saturated carbocycles. The average molecular weight is 220 g/mol. The van der Waals surface area contributed by atoms with E-state index in [4.69, 9.17) is 0 Å². The number of aromatic nitrogens is 1. The summed E-state index contributed by atoms with van der Waals surface area (Å²) in [5, 5.41) is 1.28. The summed E-state index contributed by atoms with van der Waals surface area (Å²) in [5.74, 6) is 0. The highest BCUT2D eigenvalue weighted by Gasteiger charge is 2.08. The number of rotatable bonds is 2. The lowest BCUT2D eigenvalue weighted by molar-refractivity contribution is -0.652. The molecule has 15 heavy (non-hydrogen) atoms. The molecule has 0 bridgehead atoms. The van der Waals surface area contributed by atoms with Crippen LogP contribution in [0.3, 0.4) is 0 Å². The van der Waals surface area contributed by atoms with E-state index in [0.717, 1.165) is 6.42 Å². The Bertz CT molecular complexity index is 477. The first kappa shape index (κ1) is 11.7. The topological polar surface area (TPSA) is 3.88 Å². The smallest absolute Gasteiger partial charge is 0.212 e. The van der Waals surface area contributed by atoms with Gasteiger partial charge in [-0.2, -0.15) is 4.57 Å². The van der Waals surface area contributed by atoms with Crippen LogP contribution in [-0.4, -0.2) is 0 Å². The van der Waals surface area contributed by atoms with Crippen LogP contribution in [0.1, 0.15) is 5.69 Å². The standard InChI is InChI=1S/C13H14N.ClH/c1-3-6-12-10-9-11-7-4-5-8-13(11)14(12)2;/h3-5,7-10H,1,6H2,2H3;1H/q+1;/p-1. The summed E-state index contributed by atoms with van der Waals surface area (Å²) < 4.78 is 2.22. The Morgan fingerprint density at radius 2 is 1.93 bits per heavy atom. The largest absolute Gasteiger partial charge is 1.00 e. The fraction of sp³-hybridized carbons (Fsp3) is 0.154. The molecule has 0 radical (unpaired) electrons. The number of pyridine rings is 1. The number of halogens is 1. The second-order valence-corrected chi connectivity index (χ2v) is 3.44. The average Bonchev–Trinajstić information content (AvgIpc) is 2.23. The summed E-state index contributed by atoms with van der Waals surface area (Å²) in [5.41, 5.74) is 2.56. The Kier molecular flexibility index (Phi) is 3.87. The molecule has 0 aliphatic rings. The lowest BCUT2D eigenvalue weighted by atomic mass is 10.1. The number of hydrogen-bond donors (Lipinski definition) is 0. The maximum absolute atomic E-state index is 3.76. The number of benzene rings is 1. The third kappa shape index (κ3) is 2.18. The van der Waals surface area contributed by atoms with E-state index in [2.05, 4.69) is 54.6 Å². The number of nitrogens with zero attached hydrogens (tertiary/aromatic N) is 1. The molecule has 2 rings (SSSR count). The van der Waals surface area contributed by atoms with Crippen molar-refractivity contribution >= 4 is 10.9 Å². The van der Waals surface area contributed by atoms with E-state index >= 15 is 0 Å². The van der Waals surface area contributed by atoms with Gasteiger partial charge in [0, 0.05) is 17.5 Å². The summed E-state index contributed by atoms with van der Waals surface area (Å²) in [6.07, 6.45) is 2.85. The molecule has 2 aromatic rings. The first-order valence-electron chi connectivity index (χ1n) is 4.80. The number of hydrogen-bond acceptors (Lipinski definition) is 0. The molecule has 0 N–H and O–H groups in total. The van der Waals surface area contributed by atoms with Gasteiger partial charge in [0.15, 0.2) is 5.69 Å². The second kappa shape index (κ2) is 4.94. The second-order valence-electron chi connectivity index (χ2n) is 3.44. The molecule has 1 nitrogen and oxygen atoms in total. The Labute approximate surface area is 96.5 Å². The minimum Gasteiger partial charge on any atom is -1.00 e. The highest BCUT2D eigenvalue weighted by atomic mass is 35.5. The number of allylic oxidation sites excluding steroid dienone is 1.